The van der Waals surface area contributed by atoms with Crippen molar-refractivity contribution in [1.29, 1.82) is 0 Å². The normalized spacial score (nSPS) is 12.4. The molecule has 2 rings (SSSR count). The largest absolute Gasteiger partial charge is 0.306 e. The van der Waals surface area contributed by atoms with Crippen molar-refractivity contribution in [3.63, 3.8) is 0 Å². The Morgan fingerprint density at radius 3 is 2.38 bits per heavy atom. The molecule has 0 saturated heterocycles. The molecule has 1 N–H and O–H groups in total. The van der Waals surface area contributed by atoms with E-state index in [1.165, 1.54) is 0 Å². The van der Waals surface area contributed by atoms with Crippen molar-refractivity contribution in [2.75, 3.05) is 6.54 Å². The molecule has 0 heterocycles. The molecule has 0 radical (unpaired) electrons. The summed E-state index contributed by atoms with van der Waals surface area (Å²) in [6.45, 7) is 2.79. The maximum Gasteiger partial charge on any atom is 0.160 e. The third kappa shape index (κ3) is 4.02. The molecule has 2 aromatic carbocycles. The number of hydrogen-bond donors (Lipinski definition) is 1. The maximum absolute atomic E-state index is 13.6. The van der Waals surface area contributed by atoms with Gasteiger partial charge in [-0.2, -0.15) is 0 Å². The third-order valence-corrected chi connectivity index (χ3v) is 4.01. The fourth-order valence-corrected chi connectivity index (χ4v) is 2.63. The first-order valence-electron chi connectivity index (χ1n) is 6.66. The first-order valence-corrected chi connectivity index (χ1v) is 7.83. The molecule has 0 aliphatic heterocycles. The molecule has 0 aliphatic rings. The van der Waals surface area contributed by atoms with E-state index in [-0.39, 0.29) is 11.1 Å². The second-order valence-corrected chi connectivity index (χ2v) is 6.05. The van der Waals surface area contributed by atoms with Gasteiger partial charge in [-0.1, -0.05) is 46.6 Å². The zero-order valence-electron chi connectivity index (χ0n) is 11.5. The SMILES string of the molecule is CCCNC(c1ccc(Br)cc1)c1cc(F)c(F)cc1Cl. The van der Waals surface area contributed by atoms with Gasteiger partial charge in [-0.25, -0.2) is 8.78 Å². The van der Waals surface area contributed by atoms with E-state index in [1.807, 2.05) is 31.2 Å². The van der Waals surface area contributed by atoms with Crippen molar-refractivity contribution in [2.24, 2.45) is 0 Å². The van der Waals surface area contributed by atoms with Gasteiger partial charge in [-0.3, -0.25) is 0 Å². The molecule has 0 spiro atoms. The van der Waals surface area contributed by atoms with Gasteiger partial charge in [0.2, 0.25) is 0 Å². The van der Waals surface area contributed by atoms with E-state index in [0.717, 1.165) is 35.1 Å². The summed E-state index contributed by atoms with van der Waals surface area (Å²) >= 11 is 9.48. The third-order valence-electron chi connectivity index (χ3n) is 3.15. The predicted molar refractivity (Wildman–Crippen MR) is 85.6 cm³/mol. The van der Waals surface area contributed by atoms with Crippen LogP contribution in [-0.4, -0.2) is 6.54 Å². The molecule has 0 saturated carbocycles. The van der Waals surface area contributed by atoms with Gasteiger partial charge in [0.1, 0.15) is 0 Å². The molecule has 1 unspecified atom stereocenters. The summed E-state index contributed by atoms with van der Waals surface area (Å²) in [6, 6.07) is 9.57. The minimum Gasteiger partial charge on any atom is -0.306 e. The highest BCUT2D eigenvalue weighted by Gasteiger charge is 2.19. The molecule has 21 heavy (non-hydrogen) atoms. The van der Waals surface area contributed by atoms with E-state index in [9.17, 15) is 8.78 Å². The number of nitrogens with one attached hydrogen (secondary N) is 1. The van der Waals surface area contributed by atoms with Gasteiger partial charge in [-0.15, -0.1) is 0 Å². The Bertz CT molecular complexity index is 616. The van der Waals surface area contributed by atoms with E-state index in [1.54, 1.807) is 0 Å². The van der Waals surface area contributed by atoms with Crippen LogP contribution in [0.4, 0.5) is 8.78 Å². The van der Waals surface area contributed by atoms with Gasteiger partial charge in [0.15, 0.2) is 11.6 Å². The molecule has 112 valence electrons. The quantitative estimate of drug-likeness (QED) is 0.684. The minimum atomic E-state index is -0.936. The van der Waals surface area contributed by atoms with Crippen LogP contribution < -0.4 is 5.32 Å². The molecule has 2 aromatic rings. The van der Waals surface area contributed by atoms with Crippen LogP contribution in [0.5, 0.6) is 0 Å². The lowest BCUT2D eigenvalue weighted by Gasteiger charge is -2.21. The van der Waals surface area contributed by atoms with E-state index < -0.39 is 11.6 Å². The summed E-state index contributed by atoms with van der Waals surface area (Å²) < 4.78 is 27.8. The number of benzene rings is 2. The van der Waals surface area contributed by atoms with Crippen LogP contribution >= 0.6 is 27.5 Å². The van der Waals surface area contributed by atoms with E-state index >= 15 is 0 Å². The molecule has 0 aromatic heterocycles. The highest BCUT2D eigenvalue weighted by atomic mass is 79.9. The Hall–Kier alpha value is -0.970. The zero-order chi connectivity index (χ0) is 15.4. The van der Waals surface area contributed by atoms with Crippen LogP contribution in [0.3, 0.4) is 0 Å². The molecule has 0 fully saturated rings. The van der Waals surface area contributed by atoms with Gasteiger partial charge in [0.05, 0.1) is 6.04 Å². The smallest absolute Gasteiger partial charge is 0.160 e. The van der Waals surface area contributed by atoms with Crippen molar-refractivity contribution in [2.45, 2.75) is 19.4 Å². The Balaban J connectivity index is 2.45. The topological polar surface area (TPSA) is 12.0 Å². The fraction of sp³-hybridized carbons (Fsp3) is 0.250. The fourth-order valence-electron chi connectivity index (χ4n) is 2.11. The van der Waals surface area contributed by atoms with Crippen molar-refractivity contribution >= 4 is 27.5 Å². The molecule has 0 amide bonds. The average Bonchev–Trinajstić information content (AvgIpc) is 2.46. The number of rotatable bonds is 5. The van der Waals surface area contributed by atoms with Crippen molar-refractivity contribution in [3.8, 4) is 0 Å². The van der Waals surface area contributed by atoms with Gasteiger partial charge < -0.3 is 5.32 Å². The first kappa shape index (κ1) is 16.4. The standard InChI is InChI=1S/C16H15BrClF2N/c1-2-7-21-16(10-3-5-11(17)6-4-10)12-8-14(19)15(20)9-13(12)18/h3-6,8-9,16,21H,2,7H2,1H3. The van der Waals surface area contributed by atoms with Crippen molar-refractivity contribution in [3.05, 3.63) is 68.7 Å². The van der Waals surface area contributed by atoms with Crippen LogP contribution in [-0.2, 0) is 0 Å². The lowest BCUT2D eigenvalue weighted by Crippen LogP contribution is -2.23. The first-order chi connectivity index (χ1) is 10.0. The van der Waals surface area contributed by atoms with Crippen LogP contribution in [0, 0.1) is 11.6 Å². The van der Waals surface area contributed by atoms with E-state index in [2.05, 4.69) is 21.2 Å². The lowest BCUT2D eigenvalue weighted by atomic mass is 9.98. The van der Waals surface area contributed by atoms with Crippen LogP contribution in [0.2, 0.25) is 5.02 Å². The summed E-state index contributed by atoms with van der Waals surface area (Å²) in [5.74, 6) is -1.83. The van der Waals surface area contributed by atoms with Gasteiger partial charge >= 0.3 is 0 Å². The molecule has 1 atom stereocenters. The highest BCUT2D eigenvalue weighted by molar-refractivity contribution is 9.10. The van der Waals surface area contributed by atoms with Gasteiger partial charge in [0.25, 0.3) is 0 Å². The number of hydrogen-bond acceptors (Lipinski definition) is 1. The second-order valence-electron chi connectivity index (χ2n) is 4.73. The van der Waals surface area contributed by atoms with E-state index in [0.29, 0.717) is 5.56 Å². The van der Waals surface area contributed by atoms with Crippen molar-refractivity contribution in [1.82, 2.24) is 5.32 Å². The van der Waals surface area contributed by atoms with Gasteiger partial charge in [-0.05, 0) is 48.4 Å². The van der Waals surface area contributed by atoms with E-state index in [4.69, 9.17) is 11.6 Å². The summed E-state index contributed by atoms with van der Waals surface area (Å²) in [4.78, 5) is 0. The molecular weight excluding hydrogens is 360 g/mol. The Morgan fingerprint density at radius 2 is 1.76 bits per heavy atom. The minimum absolute atomic E-state index is 0.213. The van der Waals surface area contributed by atoms with Crippen molar-refractivity contribution < 1.29 is 8.78 Å². The summed E-state index contributed by atoms with van der Waals surface area (Å²) in [6.07, 6.45) is 0.925. The Labute approximate surface area is 136 Å². The molecule has 0 bridgehead atoms. The summed E-state index contributed by atoms with van der Waals surface area (Å²) in [7, 11) is 0. The maximum atomic E-state index is 13.6. The molecular formula is C16H15BrClF2N. The van der Waals surface area contributed by atoms with Crippen LogP contribution in [0.15, 0.2) is 40.9 Å². The molecule has 5 heteroatoms. The van der Waals surface area contributed by atoms with Crippen LogP contribution in [0.1, 0.15) is 30.5 Å². The highest BCUT2D eigenvalue weighted by Crippen LogP contribution is 2.31. The number of halogens is 4. The summed E-state index contributed by atoms with van der Waals surface area (Å²) in [5, 5.41) is 3.53. The monoisotopic (exact) mass is 373 g/mol. The second kappa shape index (κ2) is 7.34. The molecule has 0 aliphatic carbocycles. The Morgan fingerprint density at radius 1 is 1.14 bits per heavy atom. The Kier molecular flexibility index (Phi) is 5.73. The average molecular weight is 375 g/mol. The lowest BCUT2D eigenvalue weighted by molar-refractivity contribution is 0.503. The zero-order valence-corrected chi connectivity index (χ0v) is 13.8. The summed E-state index contributed by atoms with van der Waals surface area (Å²) in [5.41, 5.74) is 1.48. The molecule has 1 nitrogen and oxygen atoms in total. The van der Waals surface area contributed by atoms with Gasteiger partial charge in [0, 0.05) is 9.50 Å². The predicted octanol–water partition coefficient (Wildman–Crippen LogP) is 5.47. The van der Waals surface area contributed by atoms with Crippen LogP contribution in [0.25, 0.3) is 0 Å².